The first-order valence-electron chi connectivity index (χ1n) is 7.58. The number of hydrogen-bond donors (Lipinski definition) is 0. The smallest absolute Gasteiger partial charge is 0.289 e. The zero-order chi connectivity index (χ0) is 17.4. The molecule has 0 amide bonds. The van der Waals surface area contributed by atoms with Crippen molar-refractivity contribution in [3.8, 4) is 0 Å². The molecule has 0 atom stereocenters. The second kappa shape index (κ2) is 6.03. The largest absolute Gasteiger partial charge is 0.332 e. The molecule has 0 spiro atoms. The fourth-order valence-electron chi connectivity index (χ4n) is 2.77. The summed E-state index contributed by atoms with van der Waals surface area (Å²) in [6.07, 6.45) is 0. The number of aromatic nitrogens is 2. The van der Waals surface area contributed by atoms with E-state index >= 15 is 0 Å². The van der Waals surface area contributed by atoms with Crippen LogP contribution in [0.5, 0.6) is 0 Å². The van der Waals surface area contributed by atoms with Crippen LogP contribution in [0.1, 0.15) is 25.5 Å². The third kappa shape index (κ3) is 2.64. The number of benzene rings is 2. The molecule has 0 bridgehead atoms. The second-order valence-corrected chi connectivity index (χ2v) is 5.90. The summed E-state index contributed by atoms with van der Waals surface area (Å²) < 4.78 is 29.1. The molecule has 0 saturated heterocycles. The van der Waals surface area contributed by atoms with Gasteiger partial charge in [0.2, 0.25) is 0 Å². The minimum Gasteiger partial charge on any atom is -0.289 e. The third-order valence-electron chi connectivity index (χ3n) is 3.92. The van der Waals surface area contributed by atoms with Crippen molar-refractivity contribution in [2.75, 3.05) is 0 Å². The average Bonchev–Trinajstić information content (AvgIpc) is 2.54. The summed E-state index contributed by atoms with van der Waals surface area (Å²) in [5.74, 6) is -1.91. The van der Waals surface area contributed by atoms with Crippen molar-refractivity contribution in [2.45, 2.75) is 26.4 Å². The van der Waals surface area contributed by atoms with E-state index in [9.17, 15) is 18.4 Å². The van der Waals surface area contributed by atoms with Crippen molar-refractivity contribution in [1.29, 1.82) is 0 Å². The van der Waals surface area contributed by atoms with Crippen LogP contribution < -0.4 is 11.2 Å². The maximum Gasteiger partial charge on any atom is 0.332 e. The van der Waals surface area contributed by atoms with E-state index in [1.807, 2.05) is 0 Å². The van der Waals surface area contributed by atoms with Gasteiger partial charge in [-0.25, -0.2) is 13.6 Å². The van der Waals surface area contributed by atoms with Crippen LogP contribution in [0.2, 0.25) is 0 Å². The molecule has 0 saturated carbocycles. The lowest BCUT2D eigenvalue weighted by molar-refractivity contribution is 0.504. The summed E-state index contributed by atoms with van der Waals surface area (Å²) in [4.78, 5) is 25.3. The van der Waals surface area contributed by atoms with Crippen LogP contribution >= 0.6 is 0 Å². The number of rotatable bonds is 3. The summed E-state index contributed by atoms with van der Waals surface area (Å²) in [5, 5.41) is 0.411. The van der Waals surface area contributed by atoms with Gasteiger partial charge in [0.15, 0.2) is 11.6 Å². The Hall–Kier alpha value is -2.76. The lowest BCUT2D eigenvalue weighted by atomic mass is 10.2. The van der Waals surface area contributed by atoms with Gasteiger partial charge >= 0.3 is 5.69 Å². The lowest BCUT2D eigenvalue weighted by Crippen LogP contribution is -2.41. The normalized spacial score (nSPS) is 11.4. The number of hydrogen-bond acceptors (Lipinski definition) is 2. The predicted octanol–water partition coefficient (Wildman–Crippen LogP) is 3.07. The molecule has 1 heterocycles. The zero-order valence-electron chi connectivity index (χ0n) is 13.3. The van der Waals surface area contributed by atoms with Gasteiger partial charge in [-0.1, -0.05) is 18.2 Å². The highest BCUT2D eigenvalue weighted by Gasteiger charge is 2.15. The second-order valence-electron chi connectivity index (χ2n) is 5.90. The van der Waals surface area contributed by atoms with Gasteiger partial charge in [0.25, 0.3) is 5.56 Å². The quantitative estimate of drug-likeness (QED) is 0.741. The number of para-hydroxylation sites is 1. The van der Waals surface area contributed by atoms with Gasteiger partial charge in [-0.3, -0.25) is 13.9 Å². The molecule has 0 fully saturated rings. The molecular weight excluding hydrogens is 314 g/mol. The SMILES string of the molecule is CC(C)n1c(=O)c2ccccc2n(Cc2ccc(F)c(F)c2)c1=O. The van der Waals surface area contributed by atoms with E-state index in [0.717, 1.165) is 12.1 Å². The van der Waals surface area contributed by atoms with Crippen molar-refractivity contribution in [3.05, 3.63) is 80.5 Å². The number of halogens is 2. The van der Waals surface area contributed by atoms with Crippen LogP contribution in [0.4, 0.5) is 8.78 Å². The molecule has 0 aliphatic carbocycles. The molecule has 3 rings (SSSR count). The van der Waals surface area contributed by atoms with E-state index in [-0.39, 0.29) is 18.1 Å². The minimum absolute atomic E-state index is 0.0452. The van der Waals surface area contributed by atoms with Crippen molar-refractivity contribution < 1.29 is 8.78 Å². The van der Waals surface area contributed by atoms with Crippen LogP contribution in [0, 0.1) is 11.6 Å². The Bertz CT molecular complexity index is 1040. The molecule has 124 valence electrons. The first-order chi connectivity index (χ1) is 11.4. The van der Waals surface area contributed by atoms with Gasteiger partial charge in [-0.05, 0) is 43.7 Å². The molecule has 0 N–H and O–H groups in total. The fraction of sp³-hybridized carbons (Fsp3) is 0.222. The Morgan fingerprint density at radius 2 is 1.71 bits per heavy atom. The topological polar surface area (TPSA) is 44.0 Å². The van der Waals surface area contributed by atoms with Crippen molar-refractivity contribution >= 4 is 10.9 Å². The highest BCUT2D eigenvalue weighted by Crippen LogP contribution is 2.13. The lowest BCUT2D eigenvalue weighted by Gasteiger charge is -2.16. The van der Waals surface area contributed by atoms with Gasteiger partial charge in [-0.15, -0.1) is 0 Å². The molecule has 2 aromatic carbocycles. The van der Waals surface area contributed by atoms with Gasteiger partial charge in [0, 0.05) is 6.04 Å². The fourth-order valence-corrected chi connectivity index (χ4v) is 2.77. The Morgan fingerprint density at radius 3 is 2.38 bits per heavy atom. The summed E-state index contributed by atoms with van der Waals surface area (Å²) in [7, 11) is 0. The molecule has 4 nitrogen and oxygen atoms in total. The summed E-state index contributed by atoms with van der Waals surface area (Å²) in [6.45, 7) is 3.54. The van der Waals surface area contributed by atoms with Crippen LogP contribution in [0.15, 0.2) is 52.1 Å². The minimum atomic E-state index is -0.970. The van der Waals surface area contributed by atoms with Crippen LogP contribution in [-0.2, 0) is 6.54 Å². The highest BCUT2D eigenvalue weighted by molar-refractivity contribution is 5.77. The molecule has 3 aromatic rings. The van der Waals surface area contributed by atoms with Crippen LogP contribution in [0.25, 0.3) is 10.9 Å². The first kappa shape index (κ1) is 16.1. The molecule has 0 aliphatic heterocycles. The molecule has 6 heteroatoms. The van der Waals surface area contributed by atoms with Gasteiger partial charge in [0.1, 0.15) is 0 Å². The number of fused-ring (bicyclic) bond motifs is 1. The highest BCUT2D eigenvalue weighted by atomic mass is 19.2. The van der Waals surface area contributed by atoms with Gasteiger partial charge in [0.05, 0.1) is 17.4 Å². The van der Waals surface area contributed by atoms with Crippen molar-refractivity contribution in [2.24, 2.45) is 0 Å². The molecule has 0 radical (unpaired) electrons. The third-order valence-corrected chi connectivity index (χ3v) is 3.92. The van der Waals surface area contributed by atoms with E-state index in [0.29, 0.717) is 16.5 Å². The van der Waals surface area contributed by atoms with E-state index in [2.05, 4.69) is 0 Å². The Kier molecular flexibility index (Phi) is 4.05. The number of nitrogens with zero attached hydrogens (tertiary/aromatic N) is 2. The van der Waals surface area contributed by atoms with Gasteiger partial charge < -0.3 is 0 Å². The summed E-state index contributed by atoms with van der Waals surface area (Å²) >= 11 is 0. The van der Waals surface area contributed by atoms with E-state index in [1.54, 1.807) is 38.1 Å². The molecule has 24 heavy (non-hydrogen) atoms. The predicted molar refractivity (Wildman–Crippen MR) is 88.3 cm³/mol. The summed E-state index contributed by atoms with van der Waals surface area (Å²) in [5.41, 5.74) is 0.0785. The van der Waals surface area contributed by atoms with E-state index in [1.165, 1.54) is 15.2 Å². The van der Waals surface area contributed by atoms with Gasteiger partial charge in [-0.2, -0.15) is 0 Å². The monoisotopic (exact) mass is 330 g/mol. The molecule has 0 unspecified atom stereocenters. The zero-order valence-corrected chi connectivity index (χ0v) is 13.3. The summed E-state index contributed by atoms with van der Waals surface area (Å²) in [6, 6.07) is 9.96. The van der Waals surface area contributed by atoms with Crippen molar-refractivity contribution in [1.82, 2.24) is 9.13 Å². The Labute approximate surface area is 136 Å². The van der Waals surface area contributed by atoms with E-state index in [4.69, 9.17) is 0 Å². The Morgan fingerprint density at radius 1 is 1.00 bits per heavy atom. The average molecular weight is 330 g/mol. The van der Waals surface area contributed by atoms with E-state index < -0.39 is 17.3 Å². The Balaban J connectivity index is 2.28. The van der Waals surface area contributed by atoms with Crippen LogP contribution in [-0.4, -0.2) is 9.13 Å². The maximum atomic E-state index is 13.5. The molecule has 0 aliphatic rings. The molecular formula is C18H16F2N2O2. The first-order valence-corrected chi connectivity index (χ1v) is 7.58. The van der Waals surface area contributed by atoms with Crippen LogP contribution in [0.3, 0.4) is 0 Å². The standard InChI is InChI=1S/C18H16F2N2O2/c1-11(2)22-17(23)13-5-3-4-6-16(13)21(18(22)24)10-12-7-8-14(19)15(20)9-12/h3-9,11H,10H2,1-2H3. The molecule has 1 aromatic heterocycles. The van der Waals surface area contributed by atoms with Crippen molar-refractivity contribution in [3.63, 3.8) is 0 Å². The maximum absolute atomic E-state index is 13.5.